The Morgan fingerprint density at radius 2 is 1.79 bits per heavy atom. The number of alkyl carbamates (subject to hydrolysis) is 1. The second-order valence-electron chi connectivity index (χ2n) is 8.12. The molecule has 1 aliphatic carbocycles. The van der Waals surface area contributed by atoms with Crippen molar-refractivity contribution in [3.63, 3.8) is 0 Å². The number of ether oxygens (including phenoxy) is 1. The van der Waals surface area contributed by atoms with Crippen molar-refractivity contribution in [2.75, 3.05) is 11.9 Å². The van der Waals surface area contributed by atoms with E-state index >= 15 is 0 Å². The molecule has 1 aromatic rings. The minimum Gasteiger partial charge on any atom is -0.444 e. The van der Waals surface area contributed by atoms with Crippen LogP contribution in [0.3, 0.4) is 0 Å². The number of hydrogen-bond acceptors (Lipinski definition) is 5. The molecule has 1 aromatic heterocycles. The molecule has 2 N–H and O–H groups in total. The highest BCUT2D eigenvalue weighted by Crippen LogP contribution is 2.25. The van der Waals surface area contributed by atoms with Crippen molar-refractivity contribution in [1.82, 2.24) is 15.3 Å². The number of carbonyl (C=O) groups excluding carboxylic acids is 1. The van der Waals surface area contributed by atoms with Crippen LogP contribution in [0.2, 0.25) is 0 Å². The van der Waals surface area contributed by atoms with Crippen LogP contribution in [0.5, 0.6) is 0 Å². The van der Waals surface area contributed by atoms with Gasteiger partial charge in [0, 0.05) is 17.8 Å². The van der Waals surface area contributed by atoms with Gasteiger partial charge in [-0.2, -0.15) is 0 Å². The van der Waals surface area contributed by atoms with Crippen molar-refractivity contribution in [1.29, 1.82) is 0 Å². The van der Waals surface area contributed by atoms with Crippen LogP contribution in [0.15, 0.2) is 0 Å². The molecule has 0 aromatic carbocycles. The summed E-state index contributed by atoms with van der Waals surface area (Å²) in [7, 11) is 0. The van der Waals surface area contributed by atoms with Crippen LogP contribution in [0.1, 0.15) is 64.5 Å². The zero-order valence-corrected chi connectivity index (χ0v) is 15.7. The smallest absolute Gasteiger partial charge is 0.408 e. The number of anilines is 1. The Morgan fingerprint density at radius 3 is 2.46 bits per heavy atom. The number of nitrogens with one attached hydrogen (secondary N) is 2. The molecule has 0 spiro atoms. The normalized spacial score (nSPS) is 14.8. The van der Waals surface area contributed by atoms with Gasteiger partial charge in [-0.05, 0) is 67.2 Å². The minimum atomic E-state index is -0.504. The molecule has 24 heavy (non-hydrogen) atoms. The third kappa shape index (κ3) is 5.35. The summed E-state index contributed by atoms with van der Waals surface area (Å²) >= 11 is 0. The van der Waals surface area contributed by atoms with Gasteiger partial charge in [-0.1, -0.05) is 0 Å². The molecular weight excluding hydrogens is 304 g/mol. The predicted octanol–water partition coefficient (Wildman–Crippen LogP) is 3.38. The topological polar surface area (TPSA) is 76.1 Å². The van der Waals surface area contributed by atoms with Crippen LogP contribution in [-0.4, -0.2) is 33.7 Å². The number of aromatic nitrogens is 2. The summed E-state index contributed by atoms with van der Waals surface area (Å²) in [6, 6.07) is 0. The lowest BCUT2D eigenvalue weighted by molar-refractivity contribution is 0.0478. The minimum absolute atomic E-state index is 0.407. The van der Waals surface area contributed by atoms with E-state index in [1.807, 2.05) is 41.5 Å². The average Bonchev–Trinajstić information content (AvgIpc) is 2.41. The summed E-state index contributed by atoms with van der Waals surface area (Å²) in [5, 5.41) is 6.31. The molecule has 2 rings (SSSR count). The highest BCUT2D eigenvalue weighted by atomic mass is 16.6. The summed E-state index contributed by atoms with van der Waals surface area (Å²) in [4.78, 5) is 21.1. The van der Waals surface area contributed by atoms with E-state index in [9.17, 15) is 4.79 Å². The van der Waals surface area contributed by atoms with Gasteiger partial charge in [0.05, 0.1) is 5.54 Å². The van der Waals surface area contributed by atoms with E-state index in [-0.39, 0.29) is 0 Å². The summed E-state index contributed by atoms with van der Waals surface area (Å²) < 4.78 is 5.33. The molecule has 0 atom stereocenters. The Balaban J connectivity index is 2.02. The predicted molar refractivity (Wildman–Crippen MR) is 95.3 cm³/mol. The summed E-state index contributed by atoms with van der Waals surface area (Å²) in [5.41, 5.74) is 1.42. The Hall–Kier alpha value is -1.85. The van der Waals surface area contributed by atoms with Gasteiger partial charge in [-0.15, -0.1) is 0 Å². The Labute approximate surface area is 144 Å². The third-order valence-corrected chi connectivity index (χ3v) is 3.83. The molecule has 1 amide bonds. The highest BCUT2D eigenvalue weighted by molar-refractivity contribution is 5.68. The molecule has 0 bridgehead atoms. The molecule has 1 aliphatic rings. The first kappa shape index (κ1) is 18.5. The molecule has 0 saturated carbocycles. The number of hydrogen-bond donors (Lipinski definition) is 2. The van der Waals surface area contributed by atoms with Crippen LogP contribution >= 0.6 is 0 Å². The molecule has 0 radical (unpaired) electrons. The second kappa shape index (κ2) is 6.95. The molecular formula is C18H30N4O2. The molecule has 134 valence electrons. The maximum atomic E-state index is 12.0. The van der Waals surface area contributed by atoms with Crippen LogP contribution in [0.4, 0.5) is 10.6 Å². The first-order valence-corrected chi connectivity index (χ1v) is 8.67. The maximum Gasteiger partial charge on any atom is 0.408 e. The third-order valence-electron chi connectivity index (χ3n) is 3.83. The summed E-state index contributed by atoms with van der Waals surface area (Å²) in [5.74, 6) is 1.69. The lowest BCUT2D eigenvalue weighted by Gasteiger charge is -2.29. The van der Waals surface area contributed by atoms with E-state index in [0.29, 0.717) is 6.54 Å². The molecule has 0 fully saturated rings. The zero-order chi connectivity index (χ0) is 18.0. The SMILES string of the molecule is Cc1nc2c(c(NCC(C)(C)NC(=O)OC(C)(C)C)n1)CCCC2. The summed E-state index contributed by atoms with van der Waals surface area (Å²) in [6.45, 7) is 12.0. The first-order chi connectivity index (χ1) is 11.1. The quantitative estimate of drug-likeness (QED) is 0.883. The number of aryl methyl sites for hydroxylation is 2. The number of amides is 1. The van der Waals surface area contributed by atoms with Crippen molar-refractivity contribution < 1.29 is 9.53 Å². The van der Waals surface area contributed by atoms with Crippen LogP contribution in [0, 0.1) is 6.92 Å². The molecule has 6 nitrogen and oxygen atoms in total. The largest absolute Gasteiger partial charge is 0.444 e. The fraction of sp³-hybridized carbons (Fsp3) is 0.722. The van der Waals surface area contributed by atoms with Gasteiger partial charge in [-0.3, -0.25) is 0 Å². The van der Waals surface area contributed by atoms with Crippen LogP contribution < -0.4 is 10.6 Å². The Kier molecular flexibility index (Phi) is 5.35. The van der Waals surface area contributed by atoms with Gasteiger partial charge in [0.1, 0.15) is 17.2 Å². The fourth-order valence-corrected chi connectivity index (χ4v) is 2.79. The van der Waals surface area contributed by atoms with E-state index in [0.717, 1.165) is 30.2 Å². The van der Waals surface area contributed by atoms with E-state index in [4.69, 9.17) is 4.74 Å². The monoisotopic (exact) mass is 334 g/mol. The van der Waals surface area contributed by atoms with Gasteiger partial charge < -0.3 is 15.4 Å². The van der Waals surface area contributed by atoms with E-state index in [1.165, 1.54) is 18.4 Å². The van der Waals surface area contributed by atoms with Crippen molar-refractivity contribution in [2.45, 2.75) is 78.4 Å². The van der Waals surface area contributed by atoms with Gasteiger partial charge in [0.15, 0.2) is 0 Å². The summed E-state index contributed by atoms with van der Waals surface area (Å²) in [6.07, 6.45) is 3.99. The van der Waals surface area contributed by atoms with Gasteiger partial charge in [0.2, 0.25) is 0 Å². The van der Waals surface area contributed by atoms with E-state index in [2.05, 4.69) is 20.6 Å². The van der Waals surface area contributed by atoms with Crippen molar-refractivity contribution >= 4 is 11.9 Å². The molecule has 6 heteroatoms. The van der Waals surface area contributed by atoms with Gasteiger partial charge in [-0.25, -0.2) is 14.8 Å². The number of nitrogens with zero attached hydrogens (tertiary/aromatic N) is 2. The lowest BCUT2D eigenvalue weighted by atomic mass is 9.96. The molecule has 0 aliphatic heterocycles. The van der Waals surface area contributed by atoms with Crippen molar-refractivity contribution in [3.05, 3.63) is 17.1 Å². The average molecular weight is 334 g/mol. The Morgan fingerprint density at radius 1 is 1.12 bits per heavy atom. The van der Waals surface area contributed by atoms with Crippen molar-refractivity contribution in [2.24, 2.45) is 0 Å². The molecule has 0 unspecified atom stereocenters. The van der Waals surface area contributed by atoms with E-state index < -0.39 is 17.2 Å². The lowest BCUT2D eigenvalue weighted by Crippen LogP contribution is -2.50. The number of carbonyl (C=O) groups is 1. The number of rotatable bonds is 4. The van der Waals surface area contributed by atoms with Crippen molar-refractivity contribution in [3.8, 4) is 0 Å². The zero-order valence-electron chi connectivity index (χ0n) is 15.7. The fourth-order valence-electron chi connectivity index (χ4n) is 2.79. The van der Waals surface area contributed by atoms with Crippen LogP contribution in [0.25, 0.3) is 0 Å². The second-order valence-corrected chi connectivity index (χ2v) is 8.12. The highest BCUT2D eigenvalue weighted by Gasteiger charge is 2.25. The van der Waals surface area contributed by atoms with Gasteiger partial charge >= 0.3 is 6.09 Å². The standard InChI is InChI=1S/C18H30N4O2/c1-12-20-14-10-8-7-9-13(14)15(21-12)19-11-18(5,6)22-16(23)24-17(2,3)4/h7-11H2,1-6H3,(H,22,23)(H,19,20,21). The molecule has 1 heterocycles. The number of fused-ring (bicyclic) bond motifs is 1. The molecule has 0 saturated heterocycles. The maximum absolute atomic E-state index is 12.0. The first-order valence-electron chi connectivity index (χ1n) is 8.67. The van der Waals surface area contributed by atoms with Gasteiger partial charge in [0.25, 0.3) is 0 Å². The van der Waals surface area contributed by atoms with E-state index in [1.54, 1.807) is 0 Å². The Bertz CT molecular complexity index is 606. The van der Waals surface area contributed by atoms with Crippen LogP contribution in [-0.2, 0) is 17.6 Å².